The number of amides is 1. The molecule has 0 spiro atoms. The third kappa shape index (κ3) is 3.51. The van der Waals surface area contributed by atoms with Gasteiger partial charge in [-0.15, -0.1) is 0 Å². The Bertz CT molecular complexity index is 660. The van der Waals surface area contributed by atoms with E-state index in [1.165, 1.54) is 4.57 Å². The van der Waals surface area contributed by atoms with Gasteiger partial charge in [-0.2, -0.15) is 0 Å². The van der Waals surface area contributed by atoms with Gasteiger partial charge in [0.05, 0.1) is 0 Å². The van der Waals surface area contributed by atoms with Gasteiger partial charge in [-0.3, -0.25) is 13.9 Å². The largest absolute Gasteiger partial charge is 0.328 e. The van der Waals surface area contributed by atoms with Crippen molar-refractivity contribution in [2.75, 3.05) is 5.32 Å². The second-order valence-corrected chi connectivity index (χ2v) is 4.90. The molecular formula is C14H16ClN3O2. The molecular weight excluding hydrogens is 278 g/mol. The molecule has 2 rings (SSSR count). The number of aryl methyl sites for hydroxylation is 1. The molecule has 2 aromatic rings. The summed E-state index contributed by atoms with van der Waals surface area (Å²) in [4.78, 5) is 23.8. The van der Waals surface area contributed by atoms with Crippen LogP contribution in [0.2, 0.25) is 5.02 Å². The van der Waals surface area contributed by atoms with E-state index in [1.807, 2.05) is 6.92 Å². The SMILES string of the molecule is CCCn1ccn(CC(=O)Nc2cccc(Cl)c2)c1=O. The molecule has 5 nitrogen and oxygen atoms in total. The molecule has 0 fully saturated rings. The molecule has 0 saturated carbocycles. The summed E-state index contributed by atoms with van der Waals surface area (Å²) in [5.41, 5.74) is 0.441. The van der Waals surface area contributed by atoms with E-state index in [1.54, 1.807) is 41.2 Å². The maximum absolute atomic E-state index is 11.9. The zero-order valence-electron chi connectivity index (χ0n) is 11.2. The number of carbonyl (C=O) groups excluding carboxylic acids is 1. The summed E-state index contributed by atoms with van der Waals surface area (Å²) in [5.74, 6) is -0.261. The van der Waals surface area contributed by atoms with Crippen molar-refractivity contribution in [3.8, 4) is 0 Å². The molecule has 0 aliphatic heterocycles. The fourth-order valence-corrected chi connectivity index (χ4v) is 2.10. The summed E-state index contributed by atoms with van der Waals surface area (Å²) in [6, 6.07) is 6.88. The highest BCUT2D eigenvalue weighted by Gasteiger charge is 2.08. The second-order valence-electron chi connectivity index (χ2n) is 4.46. The fourth-order valence-electron chi connectivity index (χ4n) is 1.91. The maximum Gasteiger partial charge on any atom is 0.328 e. The Labute approximate surface area is 121 Å². The lowest BCUT2D eigenvalue weighted by Crippen LogP contribution is -2.29. The summed E-state index contributed by atoms with van der Waals surface area (Å²) >= 11 is 5.84. The number of aromatic nitrogens is 2. The number of imidazole rings is 1. The Morgan fingerprint density at radius 1 is 1.30 bits per heavy atom. The normalized spacial score (nSPS) is 10.5. The van der Waals surface area contributed by atoms with Gasteiger partial charge < -0.3 is 5.32 Å². The van der Waals surface area contributed by atoms with Crippen LogP contribution in [-0.4, -0.2) is 15.0 Å². The van der Waals surface area contributed by atoms with Crippen molar-refractivity contribution in [2.24, 2.45) is 0 Å². The summed E-state index contributed by atoms with van der Waals surface area (Å²) < 4.78 is 2.97. The number of hydrogen-bond donors (Lipinski definition) is 1. The van der Waals surface area contributed by atoms with Gasteiger partial charge in [0.2, 0.25) is 5.91 Å². The van der Waals surface area contributed by atoms with E-state index in [-0.39, 0.29) is 18.1 Å². The Hall–Kier alpha value is -2.01. The predicted molar refractivity (Wildman–Crippen MR) is 79.1 cm³/mol. The molecule has 1 aromatic carbocycles. The third-order valence-electron chi connectivity index (χ3n) is 2.80. The smallest absolute Gasteiger partial charge is 0.324 e. The molecule has 0 unspecified atom stereocenters. The maximum atomic E-state index is 11.9. The molecule has 0 aliphatic carbocycles. The molecule has 1 heterocycles. The number of benzene rings is 1. The average molecular weight is 294 g/mol. The molecule has 20 heavy (non-hydrogen) atoms. The molecule has 1 amide bonds. The van der Waals surface area contributed by atoms with Crippen LogP contribution in [0, 0.1) is 0 Å². The van der Waals surface area contributed by atoms with Gasteiger partial charge in [-0.05, 0) is 24.6 Å². The van der Waals surface area contributed by atoms with Gasteiger partial charge in [0.25, 0.3) is 0 Å². The number of rotatable bonds is 5. The van der Waals surface area contributed by atoms with Crippen LogP contribution in [0.1, 0.15) is 13.3 Å². The van der Waals surface area contributed by atoms with E-state index in [0.717, 1.165) is 6.42 Å². The van der Waals surface area contributed by atoms with Gasteiger partial charge in [-0.25, -0.2) is 4.79 Å². The average Bonchev–Trinajstić information content (AvgIpc) is 2.72. The van der Waals surface area contributed by atoms with E-state index >= 15 is 0 Å². The summed E-state index contributed by atoms with van der Waals surface area (Å²) in [7, 11) is 0. The van der Waals surface area contributed by atoms with Gasteiger partial charge in [0.15, 0.2) is 0 Å². The van der Waals surface area contributed by atoms with Crippen molar-refractivity contribution in [1.29, 1.82) is 0 Å². The minimum atomic E-state index is -0.261. The van der Waals surface area contributed by atoms with Gasteiger partial charge in [0.1, 0.15) is 6.54 Å². The topological polar surface area (TPSA) is 56.0 Å². The lowest BCUT2D eigenvalue weighted by molar-refractivity contribution is -0.116. The molecule has 6 heteroatoms. The van der Waals surface area contributed by atoms with Crippen LogP contribution in [0.25, 0.3) is 0 Å². The first-order valence-corrected chi connectivity index (χ1v) is 6.79. The lowest BCUT2D eigenvalue weighted by Gasteiger charge is -2.05. The highest BCUT2D eigenvalue weighted by Crippen LogP contribution is 2.14. The van der Waals surface area contributed by atoms with Crippen molar-refractivity contribution < 1.29 is 4.79 Å². The number of nitrogens with one attached hydrogen (secondary N) is 1. The summed E-state index contributed by atoms with van der Waals surface area (Å²) in [5, 5.41) is 3.26. The monoisotopic (exact) mass is 293 g/mol. The molecule has 0 aliphatic rings. The standard InChI is InChI=1S/C14H16ClN3O2/c1-2-6-17-7-8-18(14(17)20)10-13(19)16-12-5-3-4-11(15)9-12/h3-5,7-9H,2,6,10H2,1H3,(H,16,19). The molecule has 106 valence electrons. The van der Waals surface area contributed by atoms with Crippen molar-refractivity contribution >= 4 is 23.2 Å². The van der Waals surface area contributed by atoms with E-state index in [9.17, 15) is 9.59 Å². The second kappa shape index (κ2) is 6.43. The Morgan fingerprint density at radius 3 is 2.75 bits per heavy atom. The number of anilines is 1. The van der Waals surface area contributed by atoms with E-state index in [2.05, 4.69) is 5.32 Å². The molecule has 0 radical (unpaired) electrons. The first-order chi connectivity index (χ1) is 9.60. The molecule has 0 saturated heterocycles. The van der Waals surface area contributed by atoms with Crippen molar-refractivity contribution in [1.82, 2.24) is 9.13 Å². The van der Waals surface area contributed by atoms with Crippen LogP contribution >= 0.6 is 11.6 Å². The van der Waals surface area contributed by atoms with Crippen LogP contribution < -0.4 is 11.0 Å². The lowest BCUT2D eigenvalue weighted by atomic mass is 10.3. The minimum Gasteiger partial charge on any atom is -0.324 e. The van der Waals surface area contributed by atoms with Gasteiger partial charge in [0, 0.05) is 29.6 Å². The first kappa shape index (κ1) is 14.4. The van der Waals surface area contributed by atoms with Crippen LogP contribution in [0.4, 0.5) is 5.69 Å². The number of halogens is 1. The van der Waals surface area contributed by atoms with Crippen LogP contribution in [0.5, 0.6) is 0 Å². The Balaban J connectivity index is 2.03. The summed E-state index contributed by atoms with van der Waals surface area (Å²) in [6.45, 7) is 2.64. The molecule has 0 bridgehead atoms. The zero-order valence-corrected chi connectivity index (χ0v) is 11.9. The molecule has 1 aromatic heterocycles. The fraction of sp³-hybridized carbons (Fsp3) is 0.286. The van der Waals surface area contributed by atoms with E-state index in [4.69, 9.17) is 11.6 Å². The van der Waals surface area contributed by atoms with Crippen molar-refractivity contribution in [3.63, 3.8) is 0 Å². The van der Waals surface area contributed by atoms with Crippen molar-refractivity contribution in [3.05, 3.63) is 52.2 Å². The Morgan fingerprint density at radius 2 is 2.05 bits per heavy atom. The summed E-state index contributed by atoms with van der Waals surface area (Å²) in [6.07, 6.45) is 4.19. The Kier molecular flexibility index (Phi) is 4.63. The van der Waals surface area contributed by atoms with Crippen molar-refractivity contribution in [2.45, 2.75) is 26.4 Å². The zero-order chi connectivity index (χ0) is 14.5. The van der Waals surface area contributed by atoms with E-state index in [0.29, 0.717) is 17.3 Å². The number of hydrogen-bond acceptors (Lipinski definition) is 2. The quantitative estimate of drug-likeness (QED) is 0.920. The number of carbonyl (C=O) groups is 1. The van der Waals surface area contributed by atoms with Gasteiger partial charge in [-0.1, -0.05) is 24.6 Å². The van der Waals surface area contributed by atoms with Crippen LogP contribution in [-0.2, 0) is 17.9 Å². The highest BCUT2D eigenvalue weighted by molar-refractivity contribution is 6.30. The molecule has 0 atom stereocenters. The van der Waals surface area contributed by atoms with Gasteiger partial charge >= 0.3 is 5.69 Å². The van der Waals surface area contributed by atoms with E-state index < -0.39 is 0 Å². The minimum absolute atomic E-state index is 0.0118. The number of nitrogens with zero attached hydrogens (tertiary/aromatic N) is 2. The third-order valence-corrected chi connectivity index (χ3v) is 3.04. The molecule has 1 N–H and O–H groups in total. The highest BCUT2D eigenvalue weighted by atomic mass is 35.5. The predicted octanol–water partition coefficient (Wildman–Crippen LogP) is 2.35. The van der Waals surface area contributed by atoms with Crippen LogP contribution in [0.3, 0.4) is 0 Å². The van der Waals surface area contributed by atoms with Crippen LogP contribution in [0.15, 0.2) is 41.5 Å². The first-order valence-electron chi connectivity index (χ1n) is 6.41.